The van der Waals surface area contributed by atoms with Gasteiger partial charge in [0.15, 0.2) is 0 Å². The molecule has 0 heterocycles. The van der Waals surface area contributed by atoms with E-state index in [1.54, 1.807) is 6.92 Å². The number of ketones is 1. The van der Waals surface area contributed by atoms with Crippen LogP contribution in [0.1, 0.15) is 29.3 Å². The number of rotatable bonds is 5. The molecule has 0 amide bonds. The van der Waals surface area contributed by atoms with E-state index in [0.717, 1.165) is 0 Å². The highest BCUT2D eigenvalue weighted by atomic mass is 16.5. The first-order valence-electron chi connectivity index (χ1n) is 5.21. The Morgan fingerprint density at radius 2 is 2.06 bits per heavy atom. The first-order valence-corrected chi connectivity index (χ1v) is 5.21. The molecule has 0 bridgehead atoms. The molecule has 0 aliphatic heterocycles. The first-order chi connectivity index (χ1) is 7.99. The largest absolute Gasteiger partial charge is 0.496 e. The lowest BCUT2D eigenvalue weighted by Crippen LogP contribution is -2.08. The van der Waals surface area contributed by atoms with Gasteiger partial charge >= 0.3 is 5.97 Å². The highest BCUT2D eigenvalue weighted by molar-refractivity contribution is 5.91. The maximum Gasteiger partial charge on any atom is 0.335 e. The number of carbonyl (C=O) groups is 2. The summed E-state index contributed by atoms with van der Waals surface area (Å²) in [6.07, 6.45) is 0.564. The fourth-order valence-corrected chi connectivity index (χ4v) is 1.48. The van der Waals surface area contributed by atoms with E-state index in [1.165, 1.54) is 19.2 Å². The number of carboxylic acid groups (broad SMARTS) is 1. The Kier molecular flexibility index (Phi) is 4.09. The Bertz CT molecular complexity index is 454. The van der Waals surface area contributed by atoms with Crippen molar-refractivity contribution >= 4 is 17.4 Å². The van der Waals surface area contributed by atoms with Gasteiger partial charge in [-0.2, -0.15) is 0 Å². The lowest BCUT2D eigenvalue weighted by Gasteiger charge is -2.11. The van der Waals surface area contributed by atoms with Gasteiger partial charge in [-0.15, -0.1) is 0 Å². The average Bonchev–Trinajstić information content (AvgIpc) is 2.30. The lowest BCUT2D eigenvalue weighted by atomic mass is 10.0. The monoisotopic (exact) mass is 237 g/mol. The molecule has 1 aromatic rings. The van der Waals surface area contributed by atoms with E-state index in [0.29, 0.717) is 17.7 Å². The predicted octanol–water partition coefficient (Wildman–Crippen LogP) is 1.50. The Labute approximate surface area is 99.2 Å². The van der Waals surface area contributed by atoms with Gasteiger partial charge in [-0.05, 0) is 12.1 Å². The van der Waals surface area contributed by atoms with Crippen LogP contribution in [0.4, 0.5) is 5.69 Å². The van der Waals surface area contributed by atoms with Crippen LogP contribution >= 0.6 is 0 Å². The summed E-state index contributed by atoms with van der Waals surface area (Å²) in [6, 6.07) is 2.71. The molecular formula is C12H15NO4. The molecule has 0 saturated carbocycles. The summed E-state index contributed by atoms with van der Waals surface area (Å²) in [6.45, 7) is 1.76. The normalized spacial score (nSPS) is 10.0. The highest BCUT2D eigenvalue weighted by Crippen LogP contribution is 2.27. The predicted molar refractivity (Wildman–Crippen MR) is 63.4 cm³/mol. The van der Waals surface area contributed by atoms with Crippen LogP contribution in [0.2, 0.25) is 0 Å². The number of ether oxygens (including phenoxy) is 1. The van der Waals surface area contributed by atoms with Crippen molar-refractivity contribution in [2.45, 2.75) is 19.8 Å². The Hall–Kier alpha value is -2.04. The summed E-state index contributed by atoms with van der Waals surface area (Å²) in [4.78, 5) is 22.2. The third-order valence-electron chi connectivity index (χ3n) is 2.48. The summed E-state index contributed by atoms with van der Waals surface area (Å²) < 4.78 is 5.07. The van der Waals surface area contributed by atoms with E-state index in [1.807, 2.05) is 0 Å². The minimum Gasteiger partial charge on any atom is -0.496 e. The number of Topliss-reactive ketones (excluding diaryl/α,β-unsaturated/α-hetero) is 1. The molecule has 0 atom stereocenters. The molecule has 0 spiro atoms. The molecule has 3 N–H and O–H groups in total. The van der Waals surface area contributed by atoms with Gasteiger partial charge in [-0.3, -0.25) is 4.79 Å². The lowest BCUT2D eigenvalue weighted by molar-refractivity contribution is -0.118. The number of hydrogen-bond acceptors (Lipinski definition) is 4. The van der Waals surface area contributed by atoms with Crippen LogP contribution in [0.15, 0.2) is 12.1 Å². The van der Waals surface area contributed by atoms with Crippen molar-refractivity contribution < 1.29 is 19.4 Å². The number of benzene rings is 1. The number of nitrogen functional groups attached to an aromatic ring is 1. The van der Waals surface area contributed by atoms with E-state index in [4.69, 9.17) is 15.6 Å². The Morgan fingerprint density at radius 1 is 1.41 bits per heavy atom. The molecule has 1 rings (SSSR count). The van der Waals surface area contributed by atoms with Crippen LogP contribution in [-0.2, 0) is 11.2 Å². The molecule has 0 aliphatic rings. The van der Waals surface area contributed by atoms with Crippen molar-refractivity contribution in [3.63, 3.8) is 0 Å². The van der Waals surface area contributed by atoms with Crippen molar-refractivity contribution in [1.82, 2.24) is 0 Å². The SMILES string of the molecule is CCC(=O)Cc1c(N)cc(C(=O)O)cc1OC. The summed E-state index contributed by atoms with van der Waals surface area (Å²) in [7, 11) is 1.42. The van der Waals surface area contributed by atoms with Crippen LogP contribution in [0.25, 0.3) is 0 Å². The molecule has 0 fully saturated rings. The van der Waals surface area contributed by atoms with Gasteiger partial charge in [0.2, 0.25) is 0 Å². The molecule has 1 aromatic carbocycles. The standard InChI is InChI=1S/C12H15NO4/c1-3-8(14)6-9-10(13)4-7(12(15)16)5-11(9)17-2/h4-5H,3,6,13H2,1-2H3,(H,15,16). The van der Waals surface area contributed by atoms with E-state index >= 15 is 0 Å². The van der Waals surface area contributed by atoms with E-state index in [2.05, 4.69) is 0 Å². The van der Waals surface area contributed by atoms with E-state index in [-0.39, 0.29) is 23.5 Å². The second-order valence-corrected chi connectivity index (χ2v) is 3.62. The molecule has 0 radical (unpaired) electrons. The zero-order chi connectivity index (χ0) is 13.0. The number of methoxy groups -OCH3 is 1. The van der Waals surface area contributed by atoms with Gasteiger partial charge in [-0.1, -0.05) is 6.92 Å². The van der Waals surface area contributed by atoms with Crippen molar-refractivity contribution in [3.8, 4) is 5.75 Å². The third-order valence-corrected chi connectivity index (χ3v) is 2.48. The zero-order valence-electron chi connectivity index (χ0n) is 9.82. The maximum absolute atomic E-state index is 11.4. The molecule has 17 heavy (non-hydrogen) atoms. The molecule has 0 aromatic heterocycles. The van der Waals surface area contributed by atoms with Crippen molar-refractivity contribution in [2.75, 3.05) is 12.8 Å². The summed E-state index contributed by atoms with van der Waals surface area (Å²) >= 11 is 0. The van der Waals surface area contributed by atoms with Crippen LogP contribution in [-0.4, -0.2) is 24.0 Å². The second kappa shape index (κ2) is 5.34. The average molecular weight is 237 g/mol. The number of aromatic carboxylic acids is 1. The number of hydrogen-bond donors (Lipinski definition) is 2. The van der Waals surface area contributed by atoms with Crippen LogP contribution in [0, 0.1) is 0 Å². The summed E-state index contributed by atoms with van der Waals surface area (Å²) in [5, 5.41) is 8.87. The molecule has 0 saturated heterocycles. The van der Waals surface area contributed by atoms with Gasteiger partial charge in [0.1, 0.15) is 11.5 Å². The molecule has 5 heteroatoms. The zero-order valence-corrected chi connectivity index (χ0v) is 9.82. The smallest absolute Gasteiger partial charge is 0.335 e. The quantitative estimate of drug-likeness (QED) is 0.757. The number of nitrogens with two attached hydrogens (primary N) is 1. The van der Waals surface area contributed by atoms with Gasteiger partial charge in [0.25, 0.3) is 0 Å². The van der Waals surface area contributed by atoms with Crippen molar-refractivity contribution in [2.24, 2.45) is 0 Å². The van der Waals surface area contributed by atoms with Crippen LogP contribution < -0.4 is 10.5 Å². The molecule has 92 valence electrons. The number of anilines is 1. The number of carbonyl (C=O) groups excluding carboxylic acids is 1. The first kappa shape index (κ1) is 13.0. The minimum atomic E-state index is -1.08. The maximum atomic E-state index is 11.4. The fraction of sp³-hybridized carbons (Fsp3) is 0.333. The fourth-order valence-electron chi connectivity index (χ4n) is 1.48. The van der Waals surface area contributed by atoms with Gasteiger partial charge in [-0.25, -0.2) is 4.79 Å². The summed E-state index contributed by atoms with van der Waals surface area (Å²) in [5.74, 6) is -0.717. The van der Waals surface area contributed by atoms with Crippen molar-refractivity contribution in [1.29, 1.82) is 0 Å². The molecule has 5 nitrogen and oxygen atoms in total. The van der Waals surface area contributed by atoms with Crippen LogP contribution in [0.5, 0.6) is 5.75 Å². The van der Waals surface area contributed by atoms with Gasteiger partial charge < -0.3 is 15.6 Å². The topological polar surface area (TPSA) is 89.6 Å². The van der Waals surface area contributed by atoms with Gasteiger partial charge in [0, 0.05) is 24.1 Å². The Balaban J connectivity index is 3.21. The van der Waals surface area contributed by atoms with Crippen molar-refractivity contribution in [3.05, 3.63) is 23.3 Å². The molecule has 0 aliphatic carbocycles. The number of carboxylic acids is 1. The molecular weight excluding hydrogens is 222 g/mol. The summed E-state index contributed by atoms with van der Waals surface area (Å²) in [5.41, 5.74) is 6.60. The molecule has 0 unspecified atom stereocenters. The van der Waals surface area contributed by atoms with Gasteiger partial charge in [0.05, 0.1) is 12.7 Å². The minimum absolute atomic E-state index is 0.0260. The highest BCUT2D eigenvalue weighted by Gasteiger charge is 2.15. The van der Waals surface area contributed by atoms with E-state index in [9.17, 15) is 9.59 Å². The Morgan fingerprint density at radius 3 is 2.53 bits per heavy atom. The second-order valence-electron chi connectivity index (χ2n) is 3.62. The van der Waals surface area contributed by atoms with E-state index < -0.39 is 5.97 Å². The van der Waals surface area contributed by atoms with Crippen LogP contribution in [0.3, 0.4) is 0 Å². The third kappa shape index (κ3) is 2.96.